The average Bonchev–Trinajstić information content (AvgIpc) is 3.46. The molecule has 2 aliphatic carbocycles. The van der Waals surface area contributed by atoms with Crippen LogP contribution in [0.15, 0.2) is 29.2 Å². The van der Waals surface area contributed by atoms with Crippen molar-refractivity contribution in [2.24, 2.45) is 11.8 Å². The van der Waals surface area contributed by atoms with Crippen LogP contribution in [0.4, 0.5) is 0 Å². The first-order valence-electron chi connectivity index (χ1n) is 11.7. The summed E-state index contributed by atoms with van der Waals surface area (Å²) in [6, 6.07) is 7.47. The van der Waals surface area contributed by atoms with E-state index in [1.807, 2.05) is 0 Å². The summed E-state index contributed by atoms with van der Waals surface area (Å²) in [7, 11) is -3.85. The summed E-state index contributed by atoms with van der Waals surface area (Å²) in [6.45, 7) is 2.14. The lowest BCUT2D eigenvalue weighted by atomic mass is 9.97. The van der Waals surface area contributed by atoms with Gasteiger partial charge in [0, 0.05) is 12.5 Å². The predicted octanol–water partition coefficient (Wildman–Crippen LogP) is 3.47. The van der Waals surface area contributed by atoms with Crippen molar-refractivity contribution in [3.63, 3.8) is 0 Å². The van der Waals surface area contributed by atoms with Gasteiger partial charge in [-0.05, 0) is 56.6 Å². The first-order chi connectivity index (χ1) is 15.7. The number of sulfone groups is 1. The number of hydrogen-bond donors (Lipinski definition) is 1. The monoisotopic (exact) mass is 491 g/mol. The van der Waals surface area contributed by atoms with E-state index in [1.165, 1.54) is 17.0 Å². The number of likely N-dealkylation sites (tertiary alicyclic amines) is 1. The molecular weight excluding hydrogens is 462 g/mol. The molecule has 4 atom stereocenters. The largest absolute Gasteiger partial charge is 0.336 e. The summed E-state index contributed by atoms with van der Waals surface area (Å²) < 4.78 is 26.8. The molecule has 1 aromatic carbocycles. The second-order valence-electron chi connectivity index (χ2n) is 9.83. The molecule has 3 fully saturated rings. The molecule has 1 N–H and O–H groups in total. The molecule has 1 saturated heterocycles. The molecule has 7 nitrogen and oxygen atoms in total. The van der Waals surface area contributed by atoms with Crippen LogP contribution in [-0.2, 0) is 19.4 Å². The smallest absolute Gasteiger partial charge is 0.244 e. The van der Waals surface area contributed by atoms with Crippen molar-refractivity contribution in [1.29, 1.82) is 5.26 Å². The van der Waals surface area contributed by atoms with Gasteiger partial charge in [-0.3, -0.25) is 9.59 Å². The quantitative estimate of drug-likeness (QED) is 0.634. The van der Waals surface area contributed by atoms with Gasteiger partial charge in [0.2, 0.25) is 11.8 Å². The highest BCUT2D eigenvalue weighted by Crippen LogP contribution is 2.37. The molecule has 0 aromatic heterocycles. The molecule has 1 heterocycles. The Morgan fingerprint density at radius 3 is 2.58 bits per heavy atom. The number of carbonyl (C=O) groups is 2. The van der Waals surface area contributed by atoms with Crippen LogP contribution in [0.1, 0.15) is 58.3 Å². The molecule has 178 valence electrons. The van der Waals surface area contributed by atoms with Gasteiger partial charge in [0.25, 0.3) is 0 Å². The van der Waals surface area contributed by atoms with Crippen LogP contribution in [0, 0.1) is 23.2 Å². The zero-order valence-electron chi connectivity index (χ0n) is 18.8. The zero-order chi connectivity index (χ0) is 23.8. The highest BCUT2D eigenvalue weighted by atomic mass is 35.5. The van der Waals surface area contributed by atoms with Crippen LogP contribution in [0.3, 0.4) is 0 Å². The highest BCUT2D eigenvalue weighted by molar-refractivity contribution is 7.92. The number of halogens is 1. The number of nitrogens with zero attached hydrogens (tertiary/aromatic N) is 2. The van der Waals surface area contributed by atoms with E-state index in [-0.39, 0.29) is 34.7 Å². The fraction of sp³-hybridized carbons (Fsp3) is 0.625. The lowest BCUT2D eigenvalue weighted by Crippen LogP contribution is -2.50. The van der Waals surface area contributed by atoms with Crippen molar-refractivity contribution in [3.05, 3.63) is 29.3 Å². The number of carbonyl (C=O) groups excluding carboxylic acids is 2. The number of nitriles is 1. The molecule has 9 heteroatoms. The van der Waals surface area contributed by atoms with Crippen molar-refractivity contribution in [1.82, 2.24) is 10.2 Å². The molecule has 2 saturated carbocycles. The van der Waals surface area contributed by atoms with Crippen molar-refractivity contribution in [3.8, 4) is 6.07 Å². The van der Waals surface area contributed by atoms with Crippen molar-refractivity contribution < 1.29 is 18.0 Å². The average molecular weight is 492 g/mol. The van der Waals surface area contributed by atoms with Gasteiger partial charge in [-0.2, -0.15) is 5.26 Å². The van der Waals surface area contributed by atoms with E-state index in [0.29, 0.717) is 18.8 Å². The van der Waals surface area contributed by atoms with E-state index < -0.39 is 32.6 Å². The van der Waals surface area contributed by atoms with E-state index >= 15 is 0 Å². The van der Waals surface area contributed by atoms with Crippen LogP contribution < -0.4 is 5.32 Å². The maximum absolute atomic E-state index is 13.6. The Kier molecular flexibility index (Phi) is 6.75. The first-order valence-corrected chi connectivity index (χ1v) is 13.6. The molecule has 0 radical (unpaired) electrons. The zero-order valence-corrected chi connectivity index (χ0v) is 20.4. The predicted molar refractivity (Wildman–Crippen MR) is 124 cm³/mol. The number of nitrogens with one attached hydrogen (secondary N) is 1. The molecule has 1 aromatic rings. The molecule has 4 rings (SSSR count). The van der Waals surface area contributed by atoms with Gasteiger partial charge in [-0.15, -0.1) is 0 Å². The van der Waals surface area contributed by atoms with Crippen molar-refractivity contribution in [2.45, 2.75) is 80.0 Å². The van der Waals surface area contributed by atoms with Crippen LogP contribution >= 0.6 is 11.6 Å². The molecule has 0 spiro atoms. The summed E-state index contributed by atoms with van der Waals surface area (Å²) >= 11 is 6.18. The Bertz CT molecular complexity index is 1080. The minimum absolute atomic E-state index is 0.00421. The SMILES string of the molecule is CC1CCCC(C(=O)N2CC(S(=O)(=O)c3ccccc3Cl)CC2C(=O)NC2(C#N)CC2)CC1. The van der Waals surface area contributed by atoms with Crippen LogP contribution in [0.5, 0.6) is 0 Å². The summed E-state index contributed by atoms with van der Waals surface area (Å²) in [6.07, 6.45) is 5.58. The van der Waals surface area contributed by atoms with Gasteiger partial charge < -0.3 is 10.2 Å². The summed E-state index contributed by atoms with van der Waals surface area (Å²) in [4.78, 5) is 28.2. The molecule has 3 aliphatic rings. The van der Waals surface area contributed by atoms with Gasteiger partial charge in [0.15, 0.2) is 9.84 Å². The van der Waals surface area contributed by atoms with Crippen LogP contribution in [0.2, 0.25) is 5.02 Å². The summed E-state index contributed by atoms with van der Waals surface area (Å²) in [5.41, 5.74) is -0.886. The van der Waals surface area contributed by atoms with Gasteiger partial charge in [0.1, 0.15) is 11.6 Å². The van der Waals surface area contributed by atoms with E-state index in [0.717, 1.165) is 32.1 Å². The van der Waals surface area contributed by atoms with Crippen LogP contribution in [-0.4, -0.2) is 48.5 Å². The number of rotatable bonds is 5. The third-order valence-electron chi connectivity index (χ3n) is 7.36. The molecule has 0 bridgehead atoms. The molecule has 2 amide bonds. The second kappa shape index (κ2) is 9.27. The fourth-order valence-corrected chi connectivity index (χ4v) is 7.26. The summed E-state index contributed by atoms with van der Waals surface area (Å²) in [5.74, 6) is -0.249. The third-order valence-corrected chi connectivity index (χ3v) is 9.99. The highest BCUT2D eigenvalue weighted by Gasteiger charge is 2.51. The Labute approximate surface area is 200 Å². The lowest BCUT2D eigenvalue weighted by Gasteiger charge is -2.28. The number of benzene rings is 1. The maximum Gasteiger partial charge on any atom is 0.244 e. The van der Waals surface area contributed by atoms with Gasteiger partial charge >= 0.3 is 0 Å². The first kappa shape index (κ1) is 24.0. The Balaban J connectivity index is 1.60. The maximum atomic E-state index is 13.6. The Hall–Kier alpha value is -2.11. The molecule has 33 heavy (non-hydrogen) atoms. The van der Waals surface area contributed by atoms with Gasteiger partial charge in [0.05, 0.1) is 21.2 Å². The fourth-order valence-electron chi connectivity index (χ4n) is 5.05. The van der Waals surface area contributed by atoms with Crippen molar-refractivity contribution in [2.75, 3.05) is 6.54 Å². The topological polar surface area (TPSA) is 107 Å². The lowest BCUT2D eigenvalue weighted by molar-refractivity contribution is -0.142. The molecule has 4 unspecified atom stereocenters. The summed E-state index contributed by atoms with van der Waals surface area (Å²) in [5, 5.41) is 11.4. The second-order valence-corrected chi connectivity index (χ2v) is 12.4. The third kappa shape index (κ3) is 4.90. The minimum atomic E-state index is -3.85. The number of hydrogen-bond acceptors (Lipinski definition) is 5. The van der Waals surface area contributed by atoms with E-state index in [9.17, 15) is 23.3 Å². The van der Waals surface area contributed by atoms with E-state index in [4.69, 9.17) is 11.6 Å². The Morgan fingerprint density at radius 1 is 1.18 bits per heavy atom. The van der Waals surface area contributed by atoms with E-state index in [2.05, 4.69) is 18.3 Å². The standard InChI is InChI=1S/C24H30ClN3O4S/c1-16-5-4-6-17(10-9-16)23(30)28-14-18(33(31,32)21-8-3-2-7-19(21)25)13-20(28)22(29)27-24(15-26)11-12-24/h2-3,7-8,16-18,20H,4-6,9-14H2,1H3,(H,27,29). The van der Waals surface area contributed by atoms with Crippen LogP contribution in [0.25, 0.3) is 0 Å². The van der Waals surface area contributed by atoms with E-state index in [1.54, 1.807) is 12.1 Å². The molecular formula is C24H30ClN3O4S. The normalized spacial score (nSPS) is 29.1. The minimum Gasteiger partial charge on any atom is -0.336 e. The van der Waals surface area contributed by atoms with Gasteiger partial charge in [-0.1, -0.05) is 43.5 Å². The molecule has 1 aliphatic heterocycles. The number of amides is 2. The van der Waals surface area contributed by atoms with Crippen molar-refractivity contribution >= 4 is 33.3 Å². The van der Waals surface area contributed by atoms with Gasteiger partial charge in [-0.25, -0.2) is 8.42 Å². The Morgan fingerprint density at radius 2 is 1.91 bits per heavy atom.